The fourth-order valence-electron chi connectivity index (χ4n) is 0.965. The van der Waals surface area contributed by atoms with Crippen LogP contribution < -0.4 is 5.32 Å². The van der Waals surface area contributed by atoms with Gasteiger partial charge in [0.25, 0.3) is 0 Å². The smallest absolute Gasteiger partial charge is 0.325 e. The van der Waals surface area contributed by atoms with Crippen molar-refractivity contribution >= 4 is 11.9 Å². The number of hydrogen-bond acceptors (Lipinski definition) is 3. The normalized spacial score (nSPS) is 24.4. The number of hydrogen-bond donors (Lipinski definition) is 2. The van der Waals surface area contributed by atoms with Crippen LogP contribution in [0.4, 0.5) is 0 Å². The van der Waals surface area contributed by atoms with Crippen LogP contribution in [0.15, 0.2) is 5.57 Å². The van der Waals surface area contributed by atoms with E-state index < -0.39 is 12.0 Å². The molecule has 2 N–H and O–H groups in total. The third-order valence-corrected chi connectivity index (χ3v) is 1.47. The second kappa shape index (κ2) is 2.64. The van der Waals surface area contributed by atoms with E-state index in [1.54, 1.807) is 5.94 Å². The predicted octanol–water partition coefficient (Wildman–Crippen LogP) is -0.809. The molecule has 0 aliphatic carbocycles. The summed E-state index contributed by atoms with van der Waals surface area (Å²) in [7, 11) is 0. The highest BCUT2D eigenvalue weighted by Gasteiger charge is 2.27. The van der Waals surface area contributed by atoms with E-state index in [-0.39, 0.29) is 0 Å². The third-order valence-electron chi connectivity index (χ3n) is 1.47. The van der Waals surface area contributed by atoms with Gasteiger partial charge in [-0.2, -0.15) is 0 Å². The summed E-state index contributed by atoms with van der Waals surface area (Å²) >= 11 is 0. The molecule has 0 spiro atoms. The first kappa shape index (κ1) is 6.99. The van der Waals surface area contributed by atoms with E-state index in [9.17, 15) is 9.59 Å². The molecule has 0 aromatic carbocycles. The van der Waals surface area contributed by atoms with Crippen LogP contribution in [-0.4, -0.2) is 29.6 Å². The summed E-state index contributed by atoms with van der Waals surface area (Å²) in [4.78, 5) is 20.4. The summed E-state index contributed by atoms with van der Waals surface area (Å²) in [5.74, 6) is 0.615. The van der Waals surface area contributed by atoms with Crippen LogP contribution in [-0.2, 0) is 9.59 Å². The van der Waals surface area contributed by atoms with Crippen molar-refractivity contribution in [3.63, 3.8) is 0 Å². The van der Waals surface area contributed by atoms with Crippen LogP contribution in [0.3, 0.4) is 0 Å². The summed E-state index contributed by atoms with van der Waals surface area (Å²) in [6.45, 7) is 0.557. The quantitative estimate of drug-likeness (QED) is 0.469. The van der Waals surface area contributed by atoms with Crippen LogP contribution in [0, 0.1) is 0 Å². The molecule has 1 heterocycles. The van der Waals surface area contributed by atoms with E-state index >= 15 is 0 Å². The summed E-state index contributed by atoms with van der Waals surface area (Å²) in [6, 6.07) is -0.794. The minimum Gasteiger partial charge on any atom is -0.480 e. The Morgan fingerprint density at radius 2 is 2.50 bits per heavy atom. The van der Waals surface area contributed by atoms with E-state index in [1.165, 1.54) is 0 Å². The molecule has 4 nitrogen and oxygen atoms in total. The van der Waals surface area contributed by atoms with Crippen molar-refractivity contribution in [2.75, 3.05) is 6.54 Å². The lowest BCUT2D eigenvalue weighted by Gasteiger charge is -2.00. The molecular weight excluding hydrogens is 134 g/mol. The van der Waals surface area contributed by atoms with Gasteiger partial charge in [0, 0.05) is 12.1 Å². The largest absolute Gasteiger partial charge is 0.480 e. The standard InChI is InChI=1S/C6H7NO3/c8-3-4-1-2-7-5(4)6(9)10/h5,7H,1-2H2,(H,9,10). The maximum atomic E-state index is 10.3. The highest BCUT2D eigenvalue weighted by Crippen LogP contribution is 2.10. The topological polar surface area (TPSA) is 66.4 Å². The number of carboxylic acids is 1. The lowest BCUT2D eigenvalue weighted by atomic mass is 10.1. The zero-order chi connectivity index (χ0) is 7.56. The van der Waals surface area contributed by atoms with Gasteiger partial charge >= 0.3 is 5.97 Å². The van der Waals surface area contributed by atoms with Gasteiger partial charge < -0.3 is 10.4 Å². The lowest BCUT2D eigenvalue weighted by molar-refractivity contribution is -0.138. The molecule has 1 unspecified atom stereocenters. The van der Waals surface area contributed by atoms with Crippen molar-refractivity contribution in [3.8, 4) is 0 Å². The number of carbonyl (C=O) groups is 1. The van der Waals surface area contributed by atoms with Crippen molar-refractivity contribution in [2.24, 2.45) is 0 Å². The average Bonchev–Trinajstić information content (AvgIpc) is 2.33. The second-order valence-corrected chi connectivity index (χ2v) is 2.10. The molecule has 0 radical (unpaired) electrons. The Labute approximate surface area is 57.5 Å². The van der Waals surface area contributed by atoms with E-state index in [1.807, 2.05) is 0 Å². The molecule has 0 aromatic rings. The average molecular weight is 141 g/mol. The Hall–Kier alpha value is -1.12. The van der Waals surface area contributed by atoms with E-state index in [2.05, 4.69) is 5.32 Å². The summed E-state index contributed by atoms with van der Waals surface area (Å²) in [5.41, 5.74) is 0.313. The summed E-state index contributed by atoms with van der Waals surface area (Å²) in [5, 5.41) is 11.1. The SMILES string of the molecule is O=C=C1CCNC1C(=O)O. The highest BCUT2D eigenvalue weighted by molar-refractivity contribution is 5.82. The fraction of sp³-hybridized carbons (Fsp3) is 0.500. The Kier molecular flexibility index (Phi) is 1.85. The van der Waals surface area contributed by atoms with Gasteiger partial charge in [-0.1, -0.05) is 0 Å². The molecule has 0 amide bonds. The molecule has 1 aliphatic heterocycles. The first-order valence-electron chi connectivity index (χ1n) is 2.95. The van der Waals surface area contributed by atoms with Gasteiger partial charge in [0.2, 0.25) is 0 Å². The summed E-state index contributed by atoms with van der Waals surface area (Å²) in [6.07, 6.45) is 0.500. The van der Waals surface area contributed by atoms with Crippen LogP contribution in [0.2, 0.25) is 0 Å². The maximum absolute atomic E-state index is 10.3. The van der Waals surface area contributed by atoms with E-state index in [0.29, 0.717) is 18.5 Å². The Bertz CT molecular complexity index is 205. The van der Waals surface area contributed by atoms with Crippen LogP contribution in [0.5, 0.6) is 0 Å². The first-order chi connectivity index (χ1) is 4.75. The van der Waals surface area contributed by atoms with Crippen molar-refractivity contribution in [1.82, 2.24) is 5.32 Å². The van der Waals surface area contributed by atoms with Crippen molar-refractivity contribution in [1.29, 1.82) is 0 Å². The monoisotopic (exact) mass is 141 g/mol. The minimum absolute atomic E-state index is 0.313. The minimum atomic E-state index is -1.00. The summed E-state index contributed by atoms with van der Waals surface area (Å²) < 4.78 is 0. The van der Waals surface area contributed by atoms with Gasteiger partial charge in [0.1, 0.15) is 12.0 Å². The van der Waals surface area contributed by atoms with E-state index in [4.69, 9.17) is 5.11 Å². The van der Waals surface area contributed by atoms with Gasteiger partial charge in [-0.05, 0) is 6.42 Å². The zero-order valence-electron chi connectivity index (χ0n) is 5.26. The first-order valence-corrected chi connectivity index (χ1v) is 2.95. The lowest BCUT2D eigenvalue weighted by Crippen LogP contribution is -2.31. The van der Waals surface area contributed by atoms with Gasteiger partial charge in [-0.3, -0.25) is 4.79 Å². The molecule has 54 valence electrons. The number of nitrogens with one attached hydrogen (secondary N) is 1. The van der Waals surface area contributed by atoms with E-state index in [0.717, 1.165) is 0 Å². The maximum Gasteiger partial charge on any atom is 0.325 e. The molecule has 0 aromatic heterocycles. The van der Waals surface area contributed by atoms with Gasteiger partial charge in [0.15, 0.2) is 0 Å². The predicted molar refractivity (Wildman–Crippen MR) is 33.2 cm³/mol. The van der Waals surface area contributed by atoms with Crippen molar-refractivity contribution < 1.29 is 14.7 Å². The molecule has 1 atom stereocenters. The van der Waals surface area contributed by atoms with Gasteiger partial charge in [0.05, 0.1) is 0 Å². The molecule has 1 rings (SSSR count). The second-order valence-electron chi connectivity index (χ2n) is 2.10. The fourth-order valence-corrected chi connectivity index (χ4v) is 0.965. The Morgan fingerprint density at radius 3 is 2.90 bits per heavy atom. The molecule has 0 bridgehead atoms. The molecule has 1 aliphatic rings. The molecule has 4 heteroatoms. The molecule has 1 fully saturated rings. The highest BCUT2D eigenvalue weighted by atomic mass is 16.4. The van der Waals surface area contributed by atoms with Crippen molar-refractivity contribution in [3.05, 3.63) is 5.57 Å². The molecule has 0 saturated carbocycles. The molecule has 1 saturated heterocycles. The Balaban J connectivity index is 2.78. The third kappa shape index (κ3) is 1.07. The zero-order valence-corrected chi connectivity index (χ0v) is 5.26. The van der Waals surface area contributed by atoms with Crippen molar-refractivity contribution in [2.45, 2.75) is 12.5 Å². The van der Waals surface area contributed by atoms with Crippen LogP contribution >= 0.6 is 0 Å². The Morgan fingerprint density at radius 1 is 1.80 bits per heavy atom. The number of carbonyl (C=O) groups excluding carboxylic acids is 1. The number of rotatable bonds is 1. The number of aliphatic carboxylic acids is 1. The van der Waals surface area contributed by atoms with Crippen LogP contribution in [0.1, 0.15) is 6.42 Å². The number of carboxylic acid groups (broad SMARTS) is 1. The molecular formula is C6H7NO3. The van der Waals surface area contributed by atoms with Gasteiger partial charge in [-0.15, -0.1) is 0 Å². The molecule has 10 heavy (non-hydrogen) atoms. The van der Waals surface area contributed by atoms with Gasteiger partial charge in [-0.25, -0.2) is 4.79 Å². The van der Waals surface area contributed by atoms with Crippen LogP contribution in [0.25, 0.3) is 0 Å².